The second-order valence-corrected chi connectivity index (χ2v) is 9.12. The summed E-state index contributed by atoms with van der Waals surface area (Å²) in [5.41, 5.74) is 0. The van der Waals surface area contributed by atoms with Gasteiger partial charge < -0.3 is 5.11 Å². The van der Waals surface area contributed by atoms with Gasteiger partial charge >= 0.3 is 5.79 Å². The smallest absolute Gasteiger partial charge is 0.373 e. The Morgan fingerprint density at radius 3 is 1.29 bits per heavy atom. The molecule has 1 unspecified atom stereocenters. The van der Waals surface area contributed by atoms with Crippen LogP contribution in [0.2, 0.25) is 0 Å². The maximum Gasteiger partial charge on any atom is 0.725 e. The molecule has 0 aliphatic heterocycles. The molecular formula is C24H45N3O7. The number of rotatable bonds is 24. The summed E-state index contributed by atoms with van der Waals surface area (Å²) in [6, 6.07) is 0. The van der Waals surface area contributed by atoms with E-state index in [0.717, 1.165) is 32.1 Å². The Kier molecular flexibility index (Phi) is 19.0. The first-order valence-electron chi connectivity index (χ1n) is 13.1. The third kappa shape index (κ3) is 13.0. The van der Waals surface area contributed by atoms with Crippen LogP contribution in [-0.2, 0) is 0 Å². The Hall–Kier alpha value is -2.10. The summed E-state index contributed by atoms with van der Waals surface area (Å²) >= 11 is 0. The molecule has 0 fully saturated rings. The largest absolute Gasteiger partial charge is 0.725 e. The molecular weight excluding hydrogens is 442 g/mol. The fourth-order valence-electron chi connectivity index (χ4n) is 4.05. The monoisotopic (exact) mass is 487 g/mol. The maximum atomic E-state index is 10.9. The summed E-state index contributed by atoms with van der Waals surface area (Å²) in [7, 11) is 0. The van der Waals surface area contributed by atoms with Gasteiger partial charge in [0.2, 0.25) is 0 Å². The molecule has 198 valence electrons. The number of nitro groups is 3. The Bertz CT molecular complexity index is 563. The number of aliphatic hydroxyl groups is 1. The van der Waals surface area contributed by atoms with Gasteiger partial charge in [-0.05, 0) is 38.5 Å². The average Bonchev–Trinajstić information content (AvgIpc) is 2.77. The van der Waals surface area contributed by atoms with Crippen LogP contribution in [0.3, 0.4) is 0 Å². The van der Waals surface area contributed by atoms with Crippen molar-refractivity contribution in [2.45, 2.75) is 141 Å². The molecule has 0 saturated carbocycles. The lowest BCUT2D eigenvalue weighted by Gasteiger charge is -2.14. The molecule has 0 amide bonds. The zero-order valence-corrected chi connectivity index (χ0v) is 20.9. The molecule has 0 rings (SSSR count). The number of unbranched alkanes of at least 4 members (excludes halogenated alkanes) is 16. The first-order valence-corrected chi connectivity index (χ1v) is 13.1. The Morgan fingerprint density at radius 1 is 0.618 bits per heavy atom. The van der Waals surface area contributed by atoms with Crippen LogP contribution < -0.4 is 0 Å². The van der Waals surface area contributed by atoms with Crippen molar-refractivity contribution < 1.29 is 19.9 Å². The van der Waals surface area contributed by atoms with Crippen molar-refractivity contribution in [2.24, 2.45) is 0 Å². The summed E-state index contributed by atoms with van der Waals surface area (Å²) < 4.78 is 0. The molecule has 1 atom stereocenters. The van der Waals surface area contributed by atoms with Crippen molar-refractivity contribution in [1.82, 2.24) is 0 Å². The highest BCUT2D eigenvalue weighted by atomic mass is 16.7. The van der Waals surface area contributed by atoms with E-state index < -0.39 is 26.7 Å². The molecule has 0 saturated heterocycles. The molecule has 0 spiro atoms. The molecule has 34 heavy (non-hydrogen) atoms. The lowest BCUT2D eigenvalue weighted by molar-refractivity contribution is -0.977. The first kappa shape index (κ1) is 31.9. The number of hydrogen-bond donors (Lipinski definition) is 1. The van der Waals surface area contributed by atoms with Crippen molar-refractivity contribution in [2.75, 3.05) is 0 Å². The van der Waals surface area contributed by atoms with Gasteiger partial charge in [0.25, 0.3) is 6.10 Å². The fraction of sp³-hybridized carbons (Fsp3) is 0.917. The molecule has 0 radical (unpaired) electrons. The van der Waals surface area contributed by atoms with Gasteiger partial charge in [-0.1, -0.05) is 103 Å². The van der Waals surface area contributed by atoms with E-state index in [0.29, 0.717) is 6.42 Å². The molecule has 0 bridgehead atoms. The molecule has 0 aliphatic carbocycles. The summed E-state index contributed by atoms with van der Waals surface area (Å²) in [5.74, 6) is -3.79. The minimum absolute atomic E-state index is 0.269. The van der Waals surface area contributed by atoms with E-state index in [4.69, 9.17) is 0 Å². The summed E-state index contributed by atoms with van der Waals surface area (Å²) in [6.07, 6.45) is 22.2. The van der Waals surface area contributed by atoms with Crippen LogP contribution in [0.5, 0.6) is 0 Å². The highest BCUT2D eigenvalue weighted by Gasteiger charge is 2.76. The van der Waals surface area contributed by atoms with Gasteiger partial charge in [-0.15, -0.1) is 0 Å². The van der Waals surface area contributed by atoms with E-state index in [1.807, 2.05) is 0 Å². The van der Waals surface area contributed by atoms with E-state index in [-0.39, 0.29) is 12.8 Å². The van der Waals surface area contributed by atoms with Crippen LogP contribution in [0.25, 0.3) is 0 Å². The van der Waals surface area contributed by atoms with Crippen molar-refractivity contribution in [1.29, 1.82) is 0 Å². The molecule has 0 aromatic carbocycles. The van der Waals surface area contributed by atoms with E-state index in [2.05, 4.69) is 19.1 Å². The van der Waals surface area contributed by atoms with Crippen LogP contribution in [0.4, 0.5) is 0 Å². The molecule has 1 N–H and O–H groups in total. The predicted molar refractivity (Wildman–Crippen MR) is 132 cm³/mol. The number of hydrogen-bond acceptors (Lipinski definition) is 7. The second kappa shape index (κ2) is 20.3. The number of aliphatic hydroxyl groups excluding tert-OH is 1. The quantitative estimate of drug-likeness (QED) is 0.0515. The lowest BCUT2D eigenvalue weighted by atomic mass is 10.0. The van der Waals surface area contributed by atoms with Gasteiger partial charge in [0.1, 0.15) is 0 Å². The minimum Gasteiger partial charge on any atom is -0.373 e. The number of nitrogens with zero attached hydrogens (tertiary/aromatic N) is 3. The highest BCUT2D eigenvalue weighted by Crippen LogP contribution is 2.22. The van der Waals surface area contributed by atoms with Crippen LogP contribution in [0.15, 0.2) is 12.2 Å². The van der Waals surface area contributed by atoms with Gasteiger partial charge in [-0.2, -0.15) is 0 Å². The van der Waals surface area contributed by atoms with Crippen molar-refractivity contribution in [3.05, 3.63) is 42.5 Å². The van der Waals surface area contributed by atoms with E-state index >= 15 is 0 Å². The molecule has 0 aromatic rings. The zero-order chi connectivity index (χ0) is 25.7. The Labute approximate surface area is 203 Å². The zero-order valence-electron chi connectivity index (χ0n) is 20.9. The van der Waals surface area contributed by atoms with Gasteiger partial charge in [-0.25, -0.2) is 0 Å². The van der Waals surface area contributed by atoms with Gasteiger partial charge in [0, 0.05) is 0 Å². The Morgan fingerprint density at radius 2 is 0.941 bits per heavy atom. The second-order valence-electron chi connectivity index (χ2n) is 9.12. The summed E-state index contributed by atoms with van der Waals surface area (Å²) in [6.45, 7) is 2.24. The SMILES string of the molecule is CCCCCCCCC=CCCCCCCCCCCCCC(O)C([N+](=O)[O-])([N+](=O)[O-])[N+](=O)[O-]. The standard InChI is InChI=1S/C24H45N3O7/c1-2-3-4-5-6-7-8-9-10-11-12-13-14-15-16-17-18-19-20-21-22-23(28)24(25(29)30,26(31)32)27(33)34/h9-10,23,28H,2-8,11-22H2,1H3. The summed E-state index contributed by atoms with van der Waals surface area (Å²) in [5, 5.41) is 42.5. The fourth-order valence-corrected chi connectivity index (χ4v) is 4.05. The molecule has 0 heterocycles. The molecule has 0 aliphatic rings. The normalized spacial score (nSPS) is 12.8. The molecule has 0 aromatic heterocycles. The number of allylic oxidation sites excluding steroid dienone is 2. The van der Waals surface area contributed by atoms with E-state index in [1.165, 1.54) is 70.6 Å². The van der Waals surface area contributed by atoms with Gasteiger partial charge in [-0.3, -0.25) is 30.3 Å². The highest BCUT2D eigenvalue weighted by molar-refractivity contribution is 4.81. The first-order chi connectivity index (χ1) is 16.3. The average molecular weight is 488 g/mol. The van der Waals surface area contributed by atoms with Crippen LogP contribution in [-0.4, -0.2) is 31.8 Å². The summed E-state index contributed by atoms with van der Waals surface area (Å²) in [4.78, 5) is 27.9. The minimum atomic E-state index is -3.79. The van der Waals surface area contributed by atoms with Crippen LogP contribution in [0, 0.1) is 30.3 Å². The van der Waals surface area contributed by atoms with Crippen LogP contribution in [0.1, 0.15) is 129 Å². The maximum absolute atomic E-state index is 10.9. The topological polar surface area (TPSA) is 150 Å². The lowest BCUT2D eigenvalue weighted by Crippen LogP contribution is -2.61. The van der Waals surface area contributed by atoms with Crippen molar-refractivity contribution in [3.8, 4) is 0 Å². The predicted octanol–water partition coefficient (Wildman–Crippen LogP) is 6.82. The Balaban J connectivity index is 3.62. The van der Waals surface area contributed by atoms with Crippen LogP contribution >= 0.6 is 0 Å². The molecule has 10 nitrogen and oxygen atoms in total. The van der Waals surface area contributed by atoms with Crippen molar-refractivity contribution in [3.63, 3.8) is 0 Å². The molecule has 10 heteroatoms. The van der Waals surface area contributed by atoms with E-state index in [1.54, 1.807) is 0 Å². The van der Waals surface area contributed by atoms with Gasteiger partial charge in [0.15, 0.2) is 14.8 Å². The van der Waals surface area contributed by atoms with E-state index in [9.17, 15) is 35.4 Å². The van der Waals surface area contributed by atoms with Gasteiger partial charge in [0.05, 0.1) is 0 Å². The van der Waals surface area contributed by atoms with Crippen molar-refractivity contribution >= 4 is 0 Å². The third-order valence-corrected chi connectivity index (χ3v) is 6.24. The third-order valence-electron chi connectivity index (χ3n) is 6.24.